The van der Waals surface area contributed by atoms with Gasteiger partial charge in [-0.05, 0) is 29.7 Å². The molecular formula is C19H13N3OS5. The number of nitrogens with one attached hydrogen (secondary N) is 1. The summed E-state index contributed by atoms with van der Waals surface area (Å²) in [6, 6.07) is 9.44. The van der Waals surface area contributed by atoms with Crippen molar-refractivity contribution in [1.82, 2.24) is 9.97 Å². The number of amides is 1. The van der Waals surface area contributed by atoms with E-state index in [-0.39, 0.29) is 5.91 Å². The molecular weight excluding hydrogens is 447 g/mol. The van der Waals surface area contributed by atoms with E-state index in [1.165, 1.54) is 18.3 Å². The van der Waals surface area contributed by atoms with Gasteiger partial charge in [0.25, 0.3) is 5.91 Å². The Hall–Kier alpha value is -1.26. The first-order valence-corrected chi connectivity index (χ1v) is 12.9. The van der Waals surface area contributed by atoms with E-state index in [2.05, 4.69) is 15.3 Å². The molecule has 0 saturated carbocycles. The maximum Gasteiger partial charge on any atom is 0.263 e. The lowest BCUT2D eigenvalue weighted by Gasteiger charge is -2.07. The van der Waals surface area contributed by atoms with Gasteiger partial charge in [0.15, 0.2) is 0 Å². The van der Waals surface area contributed by atoms with Crippen LogP contribution in [0.25, 0.3) is 11.4 Å². The van der Waals surface area contributed by atoms with Crippen LogP contribution in [0.2, 0.25) is 0 Å². The molecule has 3 aliphatic rings. The topological polar surface area (TPSA) is 54.9 Å². The molecule has 0 radical (unpaired) electrons. The van der Waals surface area contributed by atoms with Crippen molar-refractivity contribution in [2.45, 2.75) is 0 Å². The van der Waals surface area contributed by atoms with Crippen LogP contribution in [0.4, 0.5) is 5.69 Å². The van der Waals surface area contributed by atoms with E-state index in [4.69, 9.17) is 0 Å². The Labute approximate surface area is 183 Å². The van der Waals surface area contributed by atoms with Gasteiger partial charge in [0.1, 0.15) is 0 Å². The maximum absolute atomic E-state index is 12.6. The van der Waals surface area contributed by atoms with Crippen LogP contribution < -0.4 is 5.32 Å². The average Bonchev–Trinajstić information content (AvgIpc) is 3.45. The minimum atomic E-state index is -0.0930. The number of carbonyl (C=O) groups is 1. The Morgan fingerprint density at radius 1 is 0.929 bits per heavy atom. The van der Waals surface area contributed by atoms with Crippen LogP contribution in [-0.2, 0) is 4.79 Å². The van der Waals surface area contributed by atoms with Crippen LogP contribution >= 0.6 is 58.8 Å². The van der Waals surface area contributed by atoms with Gasteiger partial charge in [-0.2, -0.15) is 11.8 Å². The van der Waals surface area contributed by atoms with Crippen molar-refractivity contribution in [2.24, 2.45) is 0 Å². The predicted octanol–water partition coefficient (Wildman–Crippen LogP) is 5.97. The van der Waals surface area contributed by atoms with E-state index in [1.807, 2.05) is 71.0 Å². The molecule has 2 aromatic heterocycles. The fraction of sp³-hybridized carbons (Fsp3) is 0.105. The predicted molar refractivity (Wildman–Crippen MR) is 126 cm³/mol. The number of thioether (sulfide) groups is 5. The van der Waals surface area contributed by atoms with Crippen molar-refractivity contribution in [2.75, 3.05) is 16.8 Å². The van der Waals surface area contributed by atoms with Gasteiger partial charge in [0, 0.05) is 27.5 Å². The number of rotatable bonds is 3. The van der Waals surface area contributed by atoms with Crippen LogP contribution in [0, 0.1) is 0 Å². The highest BCUT2D eigenvalue weighted by Crippen LogP contribution is 2.60. The van der Waals surface area contributed by atoms with Crippen LogP contribution in [0.5, 0.6) is 0 Å². The molecule has 9 heteroatoms. The maximum atomic E-state index is 12.6. The third-order valence-electron chi connectivity index (χ3n) is 4.02. The lowest BCUT2D eigenvalue weighted by Crippen LogP contribution is -2.11. The van der Waals surface area contributed by atoms with E-state index in [9.17, 15) is 4.79 Å². The molecule has 3 aliphatic heterocycles. The zero-order chi connectivity index (χ0) is 18.9. The van der Waals surface area contributed by atoms with Gasteiger partial charge in [-0.15, -0.1) is 0 Å². The molecule has 2 aromatic rings. The lowest BCUT2D eigenvalue weighted by molar-refractivity contribution is -0.112. The second-order valence-electron chi connectivity index (χ2n) is 5.92. The highest BCUT2D eigenvalue weighted by molar-refractivity contribution is 8.34. The summed E-state index contributed by atoms with van der Waals surface area (Å²) in [5, 5.41) is 4.88. The summed E-state index contributed by atoms with van der Waals surface area (Å²) in [7, 11) is 0. The van der Waals surface area contributed by atoms with Crippen LogP contribution in [0.3, 0.4) is 0 Å². The van der Waals surface area contributed by atoms with Crippen molar-refractivity contribution >= 4 is 70.4 Å². The standard InChI is InChI=1S/C19H13N3OS5/c23-17(22-11-4-5-13(21-7-11)12-3-1-2-6-20-12)16-10-25-18(28-16)19-26-14-8-24-9-15(14)27-19/h1-7,10H,8-9H2,(H,22,23). The Bertz CT molecular complexity index is 1010. The highest BCUT2D eigenvalue weighted by Gasteiger charge is 2.30. The smallest absolute Gasteiger partial charge is 0.263 e. The van der Waals surface area contributed by atoms with Gasteiger partial charge in [-0.3, -0.25) is 14.8 Å². The Morgan fingerprint density at radius 3 is 2.46 bits per heavy atom. The molecule has 0 atom stereocenters. The molecule has 28 heavy (non-hydrogen) atoms. The fourth-order valence-corrected chi connectivity index (χ4v) is 9.48. The van der Waals surface area contributed by atoms with E-state index in [1.54, 1.807) is 35.9 Å². The number of anilines is 1. The van der Waals surface area contributed by atoms with Crippen molar-refractivity contribution in [3.05, 3.63) is 71.3 Å². The zero-order valence-electron chi connectivity index (χ0n) is 14.4. The summed E-state index contributed by atoms with van der Waals surface area (Å²) in [6.45, 7) is 0. The second kappa shape index (κ2) is 8.23. The quantitative estimate of drug-likeness (QED) is 0.603. The van der Waals surface area contributed by atoms with Gasteiger partial charge in [-0.1, -0.05) is 53.1 Å². The molecule has 0 unspecified atom stereocenters. The van der Waals surface area contributed by atoms with Crippen LogP contribution in [0.1, 0.15) is 0 Å². The lowest BCUT2D eigenvalue weighted by atomic mass is 10.2. The van der Waals surface area contributed by atoms with Crippen LogP contribution in [0.15, 0.2) is 71.3 Å². The van der Waals surface area contributed by atoms with Crippen LogP contribution in [-0.4, -0.2) is 27.4 Å². The van der Waals surface area contributed by atoms with Gasteiger partial charge < -0.3 is 5.32 Å². The molecule has 1 N–H and O–H groups in total. The molecule has 0 saturated heterocycles. The van der Waals surface area contributed by atoms with Crippen molar-refractivity contribution in [3.8, 4) is 11.4 Å². The number of hydrogen-bond donors (Lipinski definition) is 1. The Kier molecular flexibility index (Phi) is 5.51. The SMILES string of the molecule is O=C(Nc1ccc(-c2ccccn2)nc1)C1=CSC(=C2SC3=C(CSC3)S2)S1. The summed E-state index contributed by atoms with van der Waals surface area (Å²) in [5.74, 6) is 2.16. The highest BCUT2D eigenvalue weighted by atomic mass is 32.2. The van der Waals surface area contributed by atoms with Gasteiger partial charge >= 0.3 is 0 Å². The third kappa shape index (κ3) is 3.91. The Balaban J connectivity index is 1.22. The van der Waals surface area contributed by atoms with Crippen molar-refractivity contribution < 1.29 is 4.79 Å². The largest absolute Gasteiger partial charge is 0.320 e. The summed E-state index contributed by atoms with van der Waals surface area (Å²) in [4.78, 5) is 25.0. The number of carbonyl (C=O) groups excluding carboxylic acids is 1. The molecule has 1 amide bonds. The molecule has 4 nitrogen and oxygen atoms in total. The summed E-state index contributed by atoms with van der Waals surface area (Å²) in [5.41, 5.74) is 2.27. The summed E-state index contributed by atoms with van der Waals surface area (Å²) in [6.07, 6.45) is 3.41. The minimum Gasteiger partial charge on any atom is -0.320 e. The van der Waals surface area contributed by atoms with Gasteiger partial charge in [-0.25, -0.2) is 0 Å². The van der Waals surface area contributed by atoms with Gasteiger partial charge in [0.2, 0.25) is 0 Å². The van der Waals surface area contributed by atoms with Crippen molar-refractivity contribution in [3.63, 3.8) is 0 Å². The molecule has 5 rings (SSSR count). The number of pyridine rings is 2. The Morgan fingerprint density at radius 2 is 1.75 bits per heavy atom. The zero-order valence-corrected chi connectivity index (χ0v) is 18.5. The summed E-state index contributed by atoms with van der Waals surface area (Å²) < 4.78 is 2.53. The first-order chi connectivity index (χ1) is 13.8. The van der Waals surface area contributed by atoms with Crippen molar-refractivity contribution in [1.29, 1.82) is 0 Å². The number of hydrogen-bond acceptors (Lipinski definition) is 8. The molecule has 0 aromatic carbocycles. The normalized spacial score (nSPS) is 18.5. The molecule has 0 aliphatic carbocycles. The average molecular weight is 460 g/mol. The second-order valence-corrected chi connectivity index (χ2v) is 11.6. The van der Waals surface area contributed by atoms with E-state index in [0.717, 1.165) is 27.8 Å². The molecule has 0 bridgehead atoms. The molecule has 140 valence electrons. The molecule has 0 fully saturated rings. The molecule has 5 heterocycles. The first-order valence-electron chi connectivity index (χ1n) is 8.39. The number of aromatic nitrogens is 2. The number of nitrogens with zero attached hydrogens (tertiary/aromatic N) is 2. The van der Waals surface area contributed by atoms with E-state index in [0.29, 0.717) is 5.69 Å². The minimum absolute atomic E-state index is 0.0930. The molecule has 0 spiro atoms. The van der Waals surface area contributed by atoms with E-state index < -0.39 is 0 Å². The van der Waals surface area contributed by atoms with E-state index >= 15 is 0 Å². The summed E-state index contributed by atoms with van der Waals surface area (Å²) >= 11 is 8.93. The van der Waals surface area contributed by atoms with Gasteiger partial charge in [0.05, 0.1) is 36.7 Å². The fourth-order valence-electron chi connectivity index (χ4n) is 2.67. The third-order valence-corrected chi connectivity index (χ3v) is 10.9. The monoisotopic (exact) mass is 459 g/mol. The first kappa shape index (κ1) is 18.7.